The summed E-state index contributed by atoms with van der Waals surface area (Å²) in [6.07, 6.45) is 1.84. The third-order valence-electron chi connectivity index (χ3n) is 2.89. The van der Waals surface area contributed by atoms with E-state index in [1.54, 1.807) is 0 Å². The lowest BCUT2D eigenvalue weighted by Crippen LogP contribution is -2.34. The van der Waals surface area contributed by atoms with Gasteiger partial charge in [0.1, 0.15) is 0 Å². The van der Waals surface area contributed by atoms with E-state index in [2.05, 4.69) is 46.8 Å². The summed E-state index contributed by atoms with van der Waals surface area (Å²) in [7, 11) is 1.97. The summed E-state index contributed by atoms with van der Waals surface area (Å²) in [5.41, 5.74) is 2.37. The zero-order valence-electron chi connectivity index (χ0n) is 10.4. The number of pyridine rings is 1. The van der Waals surface area contributed by atoms with Crippen LogP contribution in [0, 0.1) is 0 Å². The van der Waals surface area contributed by atoms with Crippen molar-refractivity contribution in [3.63, 3.8) is 0 Å². The summed E-state index contributed by atoms with van der Waals surface area (Å²) in [6, 6.07) is 10.9. The molecule has 0 spiro atoms. The van der Waals surface area contributed by atoms with Crippen molar-refractivity contribution < 1.29 is 0 Å². The molecule has 0 radical (unpaired) electrons. The SMILES string of the molecule is CNCC(C)NCc1cccc2ncccc12. The van der Waals surface area contributed by atoms with Gasteiger partial charge in [-0.3, -0.25) is 4.98 Å². The first-order valence-corrected chi connectivity index (χ1v) is 6.02. The van der Waals surface area contributed by atoms with Crippen LogP contribution in [0.15, 0.2) is 36.5 Å². The normalized spacial score (nSPS) is 12.8. The molecule has 2 N–H and O–H groups in total. The van der Waals surface area contributed by atoms with Gasteiger partial charge in [-0.15, -0.1) is 0 Å². The Hall–Kier alpha value is -1.45. The van der Waals surface area contributed by atoms with Crippen LogP contribution in [0.5, 0.6) is 0 Å². The molecule has 1 unspecified atom stereocenters. The van der Waals surface area contributed by atoms with Crippen LogP contribution in [-0.4, -0.2) is 24.6 Å². The Bertz CT molecular complexity index is 476. The zero-order chi connectivity index (χ0) is 12.1. The molecule has 2 rings (SSSR count). The minimum absolute atomic E-state index is 0.465. The minimum Gasteiger partial charge on any atom is -0.318 e. The predicted molar refractivity (Wildman–Crippen MR) is 72.0 cm³/mol. The van der Waals surface area contributed by atoms with Crippen molar-refractivity contribution >= 4 is 10.9 Å². The molecular weight excluding hydrogens is 210 g/mol. The van der Waals surface area contributed by atoms with Gasteiger partial charge in [0.05, 0.1) is 5.52 Å². The van der Waals surface area contributed by atoms with E-state index in [1.165, 1.54) is 10.9 Å². The maximum Gasteiger partial charge on any atom is 0.0705 e. The second-order valence-corrected chi connectivity index (χ2v) is 4.33. The van der Waals surface area contributed by atoms with E-state index in [1.807, 2.05) is 19.3 Å². The summed E-state index contributed by atoms with van der Waals surface area (Å²) in [4.78, 5) is 4.37. The lowest BCUT2D eigenvalue weighted by atomic mass is 10.1. The fourth-order valence-corrected chi connectivity index (χ4v) is 1.98. The van der Waals surface area contributed by atoms with Gasteiger partial charge in [-0.25, -0.2) is 0 Å². The van der Waals surface area contributed by atoms with Crippen LogP contribution in [0.1, 0.15) is 12.5 Å². The molecule has 1 atom stereocenters. The van der Waals surface area contributed by atoms with E-state index in [4.69, 9.17) is 0 Å². The van der Waals surface area contributed by atoms with E-state index in [-0.39, 0.29) is 0 Å². The molecule has 0 fully saturated rings. The van der Waals surface area contributed by atoms with Gasteiger partial charge in [-0.05, 0) is 31.7 Å². The molecule has 2 aromatic rings. The first-order valence-electron chi connectivity index (χ1n) is 6.02. The van der Waals surface area contributed by atoms with Crippen molar-refractivity contribution in [2.45, 2.75) is 19.5 Å². The molecule has 1 heterocycles. The molecule has 0 bridgehead atoms. The van der Waals surface area contributed by atoms with E-state index < -0.39 is 0 Å². The minimum atomic E-state index is 0.465. The molecule has 0 aliphatic heterocycles. The summed E-state index contributed by atoms with van der Waals surface area (Å²) in [5, 5.41) is 7.90. The van der Waals surface area contributed by atoms with Crippen molar-refractivity contribution in [1.82, 2.24) is 15.6 Å². The Labute approximate surface area is 102 Å². The number of fused-ring (bicyclic) bond motifs is 1. The van der Waals surface area contributed by atoms with E-state index in [9.17, 15) is 0 Å². The van der Waals surface area contributed by atoms with E-state index >= 15 is 0 Å². The second kappa shape index (κ2) is 5.75. The first-order chi connectivity index (χ1) is 8.31. The Balaban J connectivity index is 2.13. The molecule has 0 aliphatic rings. The second-order valence-electron chi connectivity index (χ2n) is 4.33. The molecule has 0 aliphatic carbocycles. The number of rotatable bonds is 5. The number of aromatic nitrogens is 1. The highest BCUT2D eigenvalue weighted by atomic mass is 15.0. The van der Waals surface area contributed by atoms with Crippen LogP contribution in [0.3, 0.4) is 0 Å². The van der Waals surface area contributed by atoms with E-state index in [0.29, 0.717) is 6.04 Å². The monoisotopic (exact) mass is 229 g/mol. The molecule has 3 nitrogen and oxygen atoms in total. The quantitative estimate of drug-likeness (QED) is 0.822. The fraction of sp³-hybridized carbons (Fsp3) is 0.357. The summed E-state index contributed by atoms with van der Waals surface area (Å²) >= 11 is 0. The number of nitrogens with zero attached hydrogens (tertiary/aromatic N) is 1. The number of hydrogen-bond donors (Lipinski definition) is 2. The summed E-state index contributed by atoms with van der Waals surface area (Å²) in [6.45, 7) is 4.04. The predicted octanol–water partition coefficient (Wildman–Crippen LogP) is 1.93. The number of nitrogens with one attached hydrogen (secondary N) is 2. The van der Waals surface area contributed by atoms with Crippen LogP contribution >= 0.6 is 0 Å². The topological polar surface area (TPSA) is 37.0 Å². The molecule has 1 aromatic carbocycles. The molecule has 3 heteroatoms. The van der Waals surface area contributed by atoms with Crippen LogP contribution in [0.25, 0.3) is 10.9 Å². The Morgan fingerprint density at radius 1 is 1.24 bits per heavy atom. The number of hydrogen-bond acceptors (Lipinski definition) is 3. The molecule has 90 valence electrons. The molecule has 17 heavy (non-hydrogen) atoms. The first kappa shape index (κ1) is 12.0. The Morgan fingerprint density at radius 2 is 2.12 bits per heavy atom. The van der Waals surface area contributed by atoms with Crippen molar-refractivity contribution in [2.24, 2.45) is 0 Å². The third-order valence-corrected chi connectivity index (χ3v) is 2.89. The summed E-state index contributed by atoms with van der Waals surface area (Å²) < 4.78 is 0. The van der Waals surface area contributed by atoms with Gasteiger partial charge in [0, 0.05) is 30.7 Å². The van der Waals surface area contributed by atoms with Crippen LogP contribution in [0.4, 0.5) is 0 Å². The number of benzene rings is 1. The third kappa shape index (κ3) is 3.02. The lowest BCUT2D eigenvalue weighted by Gasteiger charge is -2.14. The van der Waals surface area contributed by atoms with Crippen molar-refractivity contribution in [1.29, 1.82) is 0 Å². The van der Waals surface area contributed by atoms with Crippen molar-refractivity contribution in [2.75, 3.05) is 13.6 Å². The average Bonchev–Trinajstić information content (AvgIpc) is 2.36. The maximum atomic E-state index is 4.37. The summed E-state index contributed by atoms with van der Waals surface area (Å²) in [5.74, 6) is 0. The highest BCUT2D eigenvalue weighted by Crippen LogP contribution is 2.16. The van der Waals surface area contributed by atoms with Crippen LogP contribution in [-0.2, 0) is 6.54 Å². The molecule has 1 aromatic heterocycles. The Kier molecular flexibility index (Phi) is 4.07. The highest BCUT2D eigenvalue weighted by molar-refractivity contribution is 5.81. The van der Waals surface area contributed by atoms with Gasteiger partial charge in [-0.2, -0.15) is 0 Å². The van der Waals surface area contributed by atoms with Gasteiger partial charge < -0.3 is 10.6 Å². The van der Waals surface area contributed by atoms with Gasteiger partial charge in [0.25, 0.3) is 0 Å². The van der Waals surface area contributed by atoms with E-state index in [0.717, 1.165) is 18.6 Å². The number of likely N-dealkylation sites (N-methyl/N-ethyl adjacent to an activating group) is 1. The molecule has 0 saturated carbocycles. The lowest BCUT2D eigenvalue weighted by molar-refractivity contribution is 0.524. The van der Waals surface area contributed by atoms with Crippen molar-refractivity contribution in [3.05, 3.63) is 42.1 Å². The standard InChI is InChI=1S/C14H19N3/c1-11(9-15-2)17-10-12-5-3-7-14-13(12)6-4-8-16-14/h3-8,11,15,17H,9-10H2,1-2H3. The Morgan fingerprint density at radius 3 is 2.94 bits per heavy atom. The van der Waals surface area contributed by atoms with Crippen molar-refractivity contribution in [3.8, 4) is 0 Å². The van der Waals surface area contributed by atoms with Crippen LogP contribution in [0.2, 0.25) is 0 Å². The van der Waals surface area contributed by atoms with Gasteiger partial charge in [0.2, 0.25) is 0 Å². The smallest absolute Gasteiger partial charge is 0.0705 e. The molecule has 0 saturated heterocycles. The average molecular weight is 229 g/mol. The maximum absolute atomic E-state index is 4.37. The zero-order valence-corrected chi connectivity index (χ0v) is 10.4. The highest BCUT2D eigenvalue weighted by Gasteiger charge is 2.03. The molecular formula is C14H19N3. The molecule has 0 amide bonds. The van der Waals surface area contributed by atoms with Gasteiger partial charge >= 0.3 is 0 Å². The van der Waals surface area contributed by atoms with Gasteiger partial charge in [0.15, 0.2) is 0 Å². The van der Waals surface area contributed by atoms with Gasteiger partial charge in [-0.1, -0.05) is 18.2 Å². The fourth-order valence-electron chi connectivity index (χ4n) is 1.98. The largest absolute Gasteiger partial charge is 0.318 e. The van der Waals surface area contributed by atoms with Crippen LogP contribution < -0.4 is 10.6 Å².